The van der Waals surface area contributed by atoms with E-state index in [0.717, 1.165) is 0 Å². The summed E-state index contributed by atoms with van der Waals surface area (Å²) >= 11 is 0. The number of anilines is 1. The highest BCUT2D eigenvalue weighted by Crippen LogP contribution is 2.30. The molecular weight excluding hydrogens is 516 g/mol. The Kier molecular flexibility index (Phi) is 7.92. The van der Waals surface area contributed by atoms with Crippen LogP contribution in [-0.2, 0) is 19.1 Å². The summed E-state index contributed by atoms with van der Waals surface area (Å²) in [6.45, 7) is 0. The summed E-state index contributed by atoms with van der Waals surface area (Å²) in [5, 5.41) is 18.1. The van der Waals surface area contributed by atoms with E-state index in [1.54, 1.807) is 48.5 Å². The Hall–Kier alpha value is -4.51. The topological polar surface area (TPSA) is 154 Å². The molecule has 3 heterocycles. The molecular formula is C29H30N4O7. The molecule has 0 saturated carbocycles. The first-order valence-electron chi connectivity index (χ1n) is 13.2. The van der Waals surface area contributed by atoms with E-state index in [0.29, 0.717) is 36.1 Å². The van der Waals surface area contributed by atoms with Gasteiger partial charge in [0.25, 0.3) is 11.8 Å². The van der Waals surface area contributed by atoms with Crippen LogP contribution in [0.25, 0.3) is 0 Å². The second-order valence-corrected chi connectivity index (χ2v) is 10.1. The van der Waals surface area contributed by atoms with Crippen molar-refractivity contribution in [2.24, 2.45) is 0 Å². The number of benzene rings is 2. The number of nitrogens with one attached hydrogen (secondary N) is 3. The summed E-state index contributed by atoms with van der Waals surface area (Å²) in [5.41, 5.74) is 1.33. The van der Waals surface area contributed by atoms with Crippen LogP contribution in [0.2, 0.25) is 0 Å². The van der Waals surface area contributed by atoms with Crippen molar-refractivity contribution in [1.29, 1.82) is 0 Å². The van der Waals surface area contributed by atoms with Gasteiger partial charge in [-0.25, -0.2) is 0 Å². The Morgan fingerprint density at radius 2 is 1.55 bits per heavy atom. The number of nitrogens with zero attached hydrogens (tertiary/aromatic N) is 1. The van der Waals surface area contributed by atoms with Crippen molar-refractivity contribution in [2.45, 2.75) is 62.6 Å². The summed E-state index contributed by atoms with van der Waals surface area (Å²) in [6.07, 6.45) is 4.10. The number of amides is 4. The minimum atomic E-state index is -1.43. The van der Waals surface area contributed by atoms with Gasteiger partial charge < -0.3 is 30.7 Å². The molecule has 5 rings (SSSR count). The minimum absolute atomic E-state index is 0.146. The van der Waals surface area contributed by atoms with Crippen LogP contribution in [0.4, 0.5) is 5.69 Å². The number of hydrogen-bond acceptors (Lipinski definition) is 7. The molecule has 4 N–H and O–H groups in total. The quantitative estimate of drug-likeness (QED) is 0.316. The number of ether oxygens (including phenoxy) is 1. The maximum absolute atomic E-state index is 13.6. The molecule has 208 valence electrons. The van der Waals surface area contributed by atoms with E-state index in [1.165, 1.54) is 4.90 Å². The molecule has 2 aromatic carbocycles. The largest absolute Gasteiger partial charge is 0.434 e. The number of aliphatic hydroxyl groups excluding tert-OH is 1. The Morgan fingerprint density at radius 1 is 0.850 bits per heavy atom. The molecule has 0 aliphatic carbocycles. The lowest BCUT2D eigenvalue weighted by molar-refractivity contribution is -0.155. The molecule has 11 nitrogen and oxygen atoms in total. The maximum Gasteiger partial charge on any atom is 0.310 e. The van der Waals surface area contributed by atoms with E-state index in [4.69, 9.17) is 4.74 Å². The van der Waals surface area contributed by atoms with Gasteiger partial charge in [-0.15, -0.1) is 0 Å². The first kappa shape index (κ1) is 27.1. The van der Waals surface area contributed by atoms with Crippen LogP contribution in [0, 0.1) is 0 Å². The van der Waals surface area contributed by atoms with Gasteiger partial charge >= 0.3 is 5.97 Å². The SMILES string of the molecule is O=C1CC(NC(=O)[C@@H]2CC[C@H]3CC=CC[C@H](NC(=O)c4ccc(NC(=O)c5ccccc5)cc4)C(=O)N32)C(O)O1. The van der Waals surface area contributed by atoms with Crippen molar-refractivity contribution >= 4 is 35.3 Å². The number of rotatable bonds is 6. The van der Waals surface area contributed by atoms with E-state index < -0.39 is 42.2 Å². The zero-order chi connectivity index (χ0) is 28.2. The lowest BCUT2D eigenvalue weighted by Gasteiger charge is -2.34. The lowest BCUT2D eigenvalue weighted by Crippen LogP contribution is -2.57. The van der Waals surface area contributed by atoms with Crippen molar-refractivity contribution in [3.8, 4) is 0 Å². The fourth-order valence-corrected chi connectivity index (χ4v) is 5.28. The maximum atomic E-state index is 13.6. The van der Waals surface area contributed by atoms with Crippen molar-refractivity contribution in [2.75, 3.05) is 5.32 Å². The molecule has 40 heavy (non-hydrogen) atoms. The number of carbonyl (C=O) groups excluding carboxylic acids is 5. The van der Waals surface area contributed by atoms with Gasteiger partial charge in [-0.3, -0.25) is 24.0 Å². The molecule has 2 unspecified atom stereocenters. The van der Waals surface area contributed by atoms with Crippen molar-refractivity contribution in [1.82, 2.24) is 15.5 Å². The van der Waals surface area contributed by atoms with E-state index in [-0.39, 0.29) is 30.7 Å². The zero-order valence-electron chi connectivity index (χ0n) is 21.6. The predicted octanol–water partition coefficient (Wildman–Crippen LogP) is 1.50. The van der Waals surface area contributed by atoms with Gasteiger partial charge in [0.15, 0.2) is 0 Å². The molecule has 0 bridgehead atoms. The number of aliphatic hydroxyl groups is 1. The monoisotopic (exact) mass is 546 g/mol. The summed E-state index contributed by atoms with van der Waals surface area (Å²) < 4.78 is 4.69. The van der Waals surface area contributed by atoms with Crippen LogP contribution in [0.15, 0.2) is 66.7 Å². The Balaban J connectivity index is 1.24. The fraction of sp³-hybridized carbons (Fsp3) is 0.345. The number of hydrogen-bond donors (Lipinski definition) is 4. The highest BCUT2D eigenvalue weighted by atomic mass is 16.6. The molecule has 4 amide bonds. The molecule has 2 saturated heterocycles. The highest BCUT2D eigenvalue weighted by molar-refractivity contribution is 6.04. The zero-order valence-corrected chi connectivity index (χ0v) is 21.6. The van der Waals surface area contributed by atoms with Crippen LogP contribution in [0.3, 0.4) is 0 Å². The molecule has 0 aromatic heterocycles. The third-order valence-corrected chi connectivity index (χ3v) is 7.36. The van der Waals surface area contributed by atoms with E-state index in [9.17, 15) is 29.1 Å². The van der Waals surface area contributed by atoms with Gasteiger partial charge in [-0.2, -0.15) is 0 Å². The van der Waals surface area contributed by atoms with Gasteiger partial charge in [0.1, 0.15) is 18.1 Å². The summed E-state index contributed by atoms with van der Waals surface area (Å²) in [5.74, 6) is -2.18. The van der Waals surface area contributed by atoms with Crippen molar-refractivity contribution in [3.63, 3.8) is 0 Å². The Morgan fingerprint density at radius 3 is 2.25 bits per heavy atom. The third kappa shape index (κ3) is 5.89. The van der Waals surface area contributed by atoms with Crippen LogP contribution < -0.4 is 16.0 Å². The van der Waals surface area contributed by atoms with E-state index >= 15 is 0 Å². The second kappa shape index (κ2) is 11.7. The smallest absolute Gasteiger partial charge is 0.310 e. The highest BCUT2D eigenvalue weighted by Gasteiger charge is 2.45. The number of carbonyl (C=O) groups is 5. The Labute approximate surface area is 230 Å². The second-order valence-electron chi connectivity index (χ2n) is 10.1. The van der Waals surface area contributed by atoms with Gasteiger partial charge in [-0.05, 0) is 62.1 Å². The molecule has 2 aromatic rings. The fourth-order valence-electron chi connectivity index (χ4n) is 5.28. The summed E-state index contributed by atoms with van der Waals surface area (Å²) in [4.78, 5) is 65.2. The van der Waals surface area contributed by atoms with Gasteiger partial charge in [-0.1, -0.05) is 30.4 Å². The number of fused-ring (bicyclic) bond motifs is 1. The third-order valence-electron chi connectivity index (χ3n) is 7.36. The van der Waals surface area contributed by atoms with Crippen LogP contribution in [-0.4, -0.2) is 70.1 Å². The van der Waals surface area contributed by atoms with Gasteiger partial charge in [0.2, 0.25) is 18.1 Å². The van der Waals surface area contributed by atoms with Crippen molar-refractivity contribution < 1.29 is 33.8 Å². The van der Waals surface area contributed by atoms with Crippen LogP contribution >= 0.6 is 0 Å². The number of esters is 1. The normalized spacial score (nSPS) is 25.8. The number of cyclic esters (lactones) is 1. The molecule has 0 radical (unpaired) electrons. The lowest BCUT2D eigenvalue weighted by atomic mass is 10.0. The predicted molar refractivity (Wildman–Crippen MR) is 143 cm³/mol. The van der Waals surface area contributed by atoms with Gasteiger partial charge in [0, 0.05) is 22.9 Å². The molecule has 0 spiro atoms. The first-order chi connectivity index (χ1) is 19.3. The average Bonchev–Trinajstić information content (AvgIpc) is 3.51. The van der Waals surface area contributed by atoms with Crippen LogP contribution in [0.5, 0.6) is 0 Å². The van der Waals surface area contributed by atoms with Gasteiger partial charge in [0.05, 0.1) is 6.42 Å². The average molecular weight is 547 g/mol. The Bertz CT molecular complexity index is 1330. The summed E-state index contributed by atoms with van der Waals surface area (Å²) in [7, 11) is 0. The molecule has 11 heteroatoms. The molecule has 3 aliphatic heterocycles. The summed E-state index contributed by atoms with van der Waals surface area (Å²) in [6, 6.07) is 12.3. The van der Waals surface area contributed by atoms with E-state index in [1.807, 2.05) is 18.2 Å². The molecule has 5 atom stereocenters. The minimum Gasteiger partial charge on any atom is -0.434 e. The molecule has 3 aliphatic rings. The molecule has 2 fully saturated rings. The first-order valence-corrected chi connectivity index (χ1v) is 13.2. The van der Waals surface area contributed by atoms with E-state index in [2.05, 4.69) is 16.0 Å². The standard InChI is InChI=1S/C29H30N4O7/c34-24-16-22(29(39)40-24)32-27(37)23-15-14-20-8-4-5-9-21(28(38)33(20)23)31-26(36)18-10-12-19(13-11-18)30-25(35)17-6-2-1-3-7-17/h1-7,10-13,20-23,29,39H,8-9,14-16H2,(H,30,35)(H,31,36)(H,32,37)/t20-,21+,22?,23+,29?/m1/s1. The van der Waals surface area contributed by atoms with Crippen LogP contribution in [0.1, 0.15) is 52.8 Å². The van der Waals surface area contributed by atoms with Crippen molar-refractivity contribution in [3.05, 3.63) is 77.9 Å².